The average Bonchev–Trinajstić information content (AvgIpc) is 2.53. The summed E-state index contributed by atoms with van der Waals surface area (Å²) in [7, 11) is -3.58. The molecule has 0 amide bonds. The maximum absolute atomic E-state index is 13.2. The van der Waals surface area contributed by atoms with Crippen LogP contribution in [0.25, 0.3) is 0 Å². The Kier molecular flexibility index (Phi) is 4.36. The normalized spacial score (nSPS) is 16.9. The Morgan fingerprint density at radius 3 is 1.50 bits per heavy atom. The summed E-state index contributed by atoms with van der Waals surface area (Å²) in [5, 5.41) is 10.1. The third kappa shape index (κ3) is 2.99. The Bertz CT molecular complexity index is 886. The third-order valence-corrected chi connectivity index (χ3v) is 7.17. The van der Waals surface area contributed by atoms with Crippen molar-refractivity contribution in [2.24, 2.45) is 0 Å². The van der Waals surface area contributed by atoms with E-state index in [1.807, 2.05) is 24.3 Å². The van der Waals surface area contributed by atoms with Gasteiger partial charge in [0.15, 0.2) is 0 Å². The smallest absolute Gasteiger partial charge is 0.207 e. The van der Waals surface area contributed by atoms with Crippen molar-refractivity contribution in [2.75, 3.05) is 6.61 Å². The van der Waals surface area contributed by atoms with Crippen LogP contribution in [-0.4, -0.2) is 20.1 Å². The molecule has 0 aromatic heterocycles. The van der Waals surface area contributed by atoms with E-state index in [-0.39, 0.29) is 23.4 Å². The first-order valence-corrected chi connectivity index (χ1v) is 10.5. The first-order valence-electron chi connectivity index (χ1n) is 9.02. The second-order valence-corrected chi connectivity index (χ2v) is 11.1. The Morgan fingerprint density at radius 2 is 1.19 bits per heavy atom. The monoisotopic (exact) mass is 372 g/mol. The summed E-state index contributed by atoms with van der Waals surface area (Å²) in [4.78, 5) is 0.640. The van der Waals surface area contributed by atoms with Gasteiger partial charge in [-0.25, -0.2) is 8.42 Å². The topological polar surface area (TPSA) is 54.4 Å². The molecule has 0 saturated carbocycles. The molecule has 1 aliphatic rings. The van der Waals surface area contributed by atoms with E-state index in [0.717, 1.165) is 11.1 Å². The zero-order chi connectivity index (χ0) is 19.5. The van der Waals surface area contributed by atoms with Gasteiger partial charge in [-0.1, -0.05) is 65.8 Å². The second-order valence-electron chi connectivity index (χ2n) is 9.24. The quantitative estimate of drug-likeness (QED) is 0.799. The number of fused-ring (bicyclic) bond motifs is 2. The molecular formula is C22H28O3S. The fourth-order valence-corrected chi connectivity index (χ4v) is 5.30. The number of aliphatic hydroxyl groups excluding tert-OH is 1. The van der Waals surface area contributed by atoms with E-state index in [1.165, 1.54) is 0 Å². The Hall–Kier alpha value is -1.65. The summed E-state index contributed by atoms with van der Waals surface area (Å²) in [6.07, 6.45) is 0. The van der Waals surface area contributed by atoms with Crippen molar-refractivity contribution in [2.45, 2.75) is 68.1 Å². The van der Waals surface area contributed by atoms with Gasteiger partial charge < -0.3 is 5.11 Å². The molecule has 2 aromatic carbocycles. The van der Waals surface area contributed by atoms with Crippen molar-refractivity contribution in [3.63, 3.8) is 0 Å². The fourth-order valence-electron chi connectivity index (χ4n) is 3.55. The average molecular weight is 373 g/mol. The number of aliphatic hydroxyl groups is 1. The zero-order valence-corrected chi connectivity index (χ0v) is 17.2. The van der Waals surface area contributed by atoms with Crippen molar-refractivity contribution < 1.29 is 13.5 Å². The van der Waals surface area contributed by atoms with Crippen LogP contribution in [0.1, 0.15) is 69.7 Å². The maximum atomic E-state index is 13.2. The molecule has 1 N–H and O–H groups in total. The van der Waals surface area contributed by atoms with Crippen LogP contribution in [0.5, 0.6) is 0 Å². The zero-order valence-electron chi connectivity index (χ0n) is 16.4. The molecule has 4 heteroatoms. The standard InChI is InChI=1S/C22H28O3S/c1-21(2,3)14-7-9-19-16(11-14)18(13-23)17-12-15(22(4,5)6)8-10-20(17)26(19,24)25/h7-12,18,23H,13H2,1-6H3. The van der Waals surface area contributed by atoms with Crippen LogP contribution in [0.2, 0.25) is 0 Å². The molecule has 1 aliphatic heterocycles. The van der Waals surface area contributed by atoms with Crippen LogP contribution in [0, 0.1) is 0 Å². The van der Waals surface area contributed by atoms with E-state index in [9.17, 15) is 13.5 Å². The van der Waals surface area contributed by atoms with Crippen LogP contribution >= 0.6 is 0 Å². The highest BCUT2D eigenvalue weighted by atomic mass is 32.2. The molecule has 1 heterocycles. The van der Waals surface area contributed by atoms with Crippen molar-refractivity contribution >= 4 is 9.84 Å². The SMILES string of the molecule is CC(C)(C)c1ccc2c(c1)C(CO)c1cc(C(C)(C)C)ccc1S2(=O)=O. The van der Waals surface area contributed by atoms with Crippen molar-refractivity contribution in [1.82, 2.24) is 0 Å². The summed E-state index contributed by atoms with van der Waals surface area (Å²) in [6.45, 7) is 12.5. The minimum atomic E-state index is -3.58. The lowest BCUT2D eigenvalue weighted by atomic mass is 9.81. The molecule has 0 saturated heterocycles. The van der Waals surface area contributed by atoms with Gasteiger partial charge in [-0.05, 0) is 45.2 Å². The molecule has 0 aliphatic carbocycles. The lowest BCUT2D eigenvalue weighted by Gasteiger charge is -2.31. The van der Waals surface area contributed by atoms with Gasteiger partial charge in [0.25, 0.3) is 0 Å². The Labute approximate surface area is 157 Å². The van der Waals surface area contributed by atoms with Gasteiger partial charge in [-0.15, -0.1) is 0 Å². The minimum Gasteiger partial charge on any atom is -0.395 e. The lowest BCUT2D eigenvalue weighted by molar-refractivity contribution is 0.277. The third-order valence-electron chi connectivity index (χ3n) is 5.26. The molecule has 0 unspecified atom stereocenters. The number of benzene rings is 2. The van der Waals surface area contributed by atoms with E-state index in [4.69, 9.17) is 0 Å². The molecule has 0 radical (unpaired) electrons. The summed E-state index contributed by atoms with van der Waals surface area (Å²) in [5.74, 6) is -0.326. The van der Waals surface area contributed by atoms with E-state index in [2.05, 4.69) is 41.5 Å². The summed E-state index contributed by atoms with van der Waals surface area (Å²) < 4.78 is 26.4. The van der Waals surface area contributed by atoms with Crippen LogP contribution in [0.3, 0.4) is 0 Å². The molecule has 3 rings (SSSR count). The molecule has 3 nitrogen and oxygen atoms in total. The minimum absolute atomic E-state index is 0.0909. The van der Waals surface area contributed by atoms with Gasteiger partial charge in [-0.3, -0.25) is 0 Å². The van der Waals surface area contributed by atoms with Gasteiger partial charge in [0, 0.05) is 5.92 Å². The van der Waals surface area contributed by atoms with Crippen molar-refractivity contribution in [3.8, 4) is 0 Å². The molecule has 0 fully saturated rings. The molecule has 140 valence electrons. The van der Waals surface area contributed by atoms with Crippen molar-refractivity contribution in [3.05, 3.63) is 58.7 Å². The first kappa shape index (κ1) is 19.1. The Balaban J connectivity index is 2.31. The molecule has 0 bridgehead atoms. The number of hydrogen-bond acceptors (Lipinski definition) is 3. The van der Waals surface area contributed by atoms with Gasteiger partial charge in [0.05, 0.1) is 16.4 Å². The van der Waals surface area contributed by atoms with Gasteiger partial charge in [-0.2, -0.15) is 0 Å². The van der Waals surface area contributed by atoms with Crippen LogP contribution in [0.15, 0.2) is 46.2 Å². The fraction of sp³-hybridized carbons (Fsp3) is 0.455. The van der Waals surface area contributed by atoms with E-state index in [1.54, 1.807) is 12.1 Å². The first-order chi connectivity index (χ1) is 11.9. The number of hydrogen-bond donors (Lipinski definition) is 1. The highest BCUT2D eigenvalue weighted by Gasteiger charge is 2.36. The predicted molar refractivity (Wildman–Crippen MR) is 105 cm³/mol. The molecule has 0 spiro atoms. The predicted octanol–water partition coefficient (Wildman–Crippen LogP) is 4.55. The Morgan fingerprint density at radius 1 is 0.808 bits per heavy atom. The second kappa shape index (κ2) is 5.93. The van der Waals surface area contributed by atoms with Crippen LogP contribution in [0.4, 0.5) is 0 Å². The van der Waals surface area contributed by atoms with E-state index >= 15 is 0 Å². The highest BCUT2D eigenvalue weighted by molar-refractivity contribution is 7.91. The highest BCUT2D eigenvalue weighted by Crippen LogP contribution is 2.44. The van der Waals surface area contributed by atoms with Crippen LogP contribution in [-0.2, 0) is 20.7 Å². The van der Waals surface area contributed by atoms with Crippen LogP contribution < -0.4 is 0 Å². The van der Waals surface area contributed by atoms with Gasteiger partial charge >= 0.3 is 0 Å². The number of rotatable bonds is 1. The van der Waals surface area contributed by atoms with Gasteiger partial charge in [0.2, 0.25) is 9.84 Å². The summed E-state index contributed by atoms with van der Waals surface area (Å²) in [6, 6.07) is 11.1. The molecule has 2 aromatic rings. The summed E-state index contributed by atoms with van der Waals surface area (Å²) >= 11 is 0. The van der Waals surface area contributed by atoms with E-state index < -0.39 is 9.84 Å². The molecule has 0 atom stereocenters. The number of sulfone groups is 1. The van der Waals surface area contributed by atoms with Gasteiger partial charge in [0.1, 0.15) is 0 Å². The maximum Gasteiger partial charge on any atom is 0.207 e. The summed E-state index contributed by atoms with van der Waals surface area (Å²) in [5.41, 5.74) is 3.37. The van der Waals surface area contributed by atoms with Crippen molar-refractivity contribution in [1.29, 1.82) is 0 Å². The lowest BCUT2D eigenvalue weighted by Crippen LogP contribution is -2.24. The molecular weight excluding hydrogens is 344 g/mol. The van der Waals surface area contributed by atoms with E-state index in [0.29, 0.717) is 20.9 Å². The largest absolute Gasteiger partial charge is 0.395 e. The molecule has 26 heavy (non-hydrogen) atoms.